The number of aromatic nitrogens is 1. The van der Waals surface area contributed by atoms with Crippen LogP contribution < -0.4 is 11.5 Å². The zero-order valence-electron chi connectivity index (χ0n) is 14.4. The van der Waals surface area contributed by atoms with Crippen molar-refractivity contribution in [3.8, 4) is 0 Å². The molecule has 0 aliphatic carbocycles. The number of hydrogen-bond acceptors (Lipinski definition) is 4. The Morgan fingerprint density at radius 2 is 1.77 bits per heavy atom. The summed E-state index contributed by atoms with van der Waals surface area (Å²) in [6, 6.07) is 7.41. The second-order valence-electron chi connectivity index (χ2n) is 6.66. The van der Waals surface area contributed by atoms with Crippen molar-refractivity contribution in [1.82, 2.24) is 9.88 Å². The predicted octanol–water partition coefficient (Wildman–Crippen LogP) is 3.46. The first-order valence-corrected chi connectivity index (χ1v) is 10.2. The van der Waals surface area contributed by atoms with Crippen LogP contribution in [0.25, 0.3) is 0 Å². The van der Waals surface area contributed by atoms with Gasteiger partial charge in [-0.1, -0.05) is 0 Å². The fraction of sp³-hybridized carbons (Fsp3) is 0.368. The third-order valence-corrected chi connectivity index (χ3v) is 6.21. The van der Waals surface area contributed by atoms with Gasteiger partial charge >= 0.3 is 0 Å². The summed E-state index contributed by atoms with van der Waals surface area (Å²) < 4.78 is 1.61. The van der Waals surface area contributed by atoms with Gasteiger partial charge in [-0.05, 0) is 92.4 Å². The highest BCUT2D eigenvalue weighted by molar-refractivity contribution is 9.11. The molecule has 3 rings (SSSR count). The van der Waals surface area contributed by atoms with Crippen molar-refractivity contribution >= 4 is 43.5 Å². The van der Waals surface area contributed by atoms with Gasteiger partial charge in [0.15, 0.2) is 0 Å². The van der Waals surface area contributed by atoms with Crippen LogP contribution in [0.5, 0.6) is 0 Å². The summed E-state index contributed by atoms with van der Waals surface area (Å²) in [6.45, 7) is 1.49. The molecule has 1 atom stereocenters. The van der Waals surface area contributed by atoms with E-state index in [1.54, 1.807) is 0 Å². The van der Waals surface area contributed by atoms with Crippen LogP contribution in [0.2, 0.25) is 0 Å². The van der Waals surface area contributed by atoms with Crippen LogP contribution in [0.4, 0.5) is 5.69 Å². The monoisotopic (exact) mass is 480 g/mol. The Bertz CT molecular complexity index is 753. The number of likely N-dealkylation sites (tertiary alicyclic amines) is 1. The second kappa shape index (κ2) is 8.50. The Labute approximate surface area is 170 Å². The van der Waals surface area contributed by atoms with E-state index in [4.69, 9.17) is 11.5 Å². The van der Waals surface area contributed by atoms with Crippen molar-refractivity contribution in [2.45, 2.75) is 31.2 Å². The van der Waals surface area contributed by atoms with E-state index in [2.05, 4.69) is 49.0 Å². The van der Waals surface area contributed by atoms with Crippen LogP contribution in [0.3, 0.4) is 0 Å². The smallest absolute Gasteiger partial charge is 0.239 e. The average Bonchev–Trinajstić information content (AvgIpc) is 2.66. The number of carbonyl (C=O) groups is 1. The zero-order valence-corrected chi connectivity index (χ0v) is 17.5. The Morgan fingerprint density at radius 3 is 2.35 bits per heavy atom. The molecule has 0 radical (unpaired) electrons. The summed E-state index contributed by atoms with van der Waals surface area (Å²) in [5.41, 5.74) is 15.0. The molecule has 2 heterocycles. The van der Waals surface area contributed by atoms with Crippen molar-refractivity contribution < 1.29 is 4.79 Å². The van der Waals surface area contributed by atoms with E-state index < -0.39 is 6.04 Å². The number of pyridine rings is 1. The van der Waals surface area contributed by atoms with E-state index in [0.717, 1.165) is 40.4 Å². The van der Waals surface area contributed by atoms with Crippen molar-refractivity contribution in [3.05, 3.63) is 56.7 Å². The molecule has 5 nitrogen and oxygen atoms in total. The molecule has 0 spiro atoms. The Morgan fingerprint density at radius 1 is 1.19 bits per heavy atom. The van der Waals surface area contributed by atoms with Crippen molar-refractivity contribution in [2.24, 2.45) is 5.73 Å². The van der Waals surface area contributed by atoms with E-state index in [1.807, 2.05) is 29.4 Å². The number of nitrogens with zero attached hydrogens (tertiary/aromatic N) is 2. The molecule has 26 heavy (non-hydrogen) atoms. The Kier molecular flexibility index (Phi) is 6.32. The van der Waals surface area contributed by atoms with Crippen LogP contribution in [0.1, 0.15) is 29.9 Å². The third kappa shape index (κ3) is 4.45. The van der Waals surface area contributed by atoms with Gasteiger partial charge in [0.05, 0.1) is 11.7 Å². The van der Waals surface area contributed by atoms with Gasteiger partial charge < -0.3 is 16.4 Å². The van der Waals surface area contributed by atoms with E-state index in [-0.39, 0.29) is 5.91 Å². The van der Waals surface area contributed by atoms with Gasteiger partial charge in [0.25, 0.3) is 0 Å². The van der Waals surface area contributed by atoms with Gasteiger partial charge in [0, 0.05) is 34.4 Å². The predicted molar refractivity (Wildman–Crippen MR) is 111 cm³/mol. The van der Waals surface area contributed by atoms with E-state index in [9.17, 15) is 4.79 Å². The fourth-order valence-corrected chi connectivity index (χ4v) is 4.68. The number of benzene rings is 1. The number of halogens is 2. The number of hydrogen-bond donors (Lipinski definition) is 2. The quantitative estimate of drug-likeness (QED) is 0.654. The van der Waals surface area contributed by atoms with Crippen LogP contribution >= 0.6 is 31.9 Å². The van der Waals surface area contributed by atoms with Gasteiger partial charge in [-0.3, -0.25) is 9.78 Å². The van der Waals surface area contributed by atoms with Crippen molar-refractivity contribution in [2.75, 3.05) is 18.8 Å². The molecular weight excluding hydrogens is 460 g/mol. The maximum absolute atomic E-state index is 12.7. The number of amides is 1. The number of anilines is 1. The maximum atomic E-state index is 12.7. The van der Waals surface area contributed by atoms with E-state index in [1.165, 1.54) is 5.56 Å². The molecule has 7 heteroatoms. The summed E-state index contributed by atoms with van der Waals surface area (Å²) in [5.74, 6) is 0.504. The summed E-state index contributed by atoms with van der Waals surface area (Å²) in [4.78, 5) is 18.7. The highest BCUT2D eigenvalue weighted by Crippen LogP contribution is 2.30. The fourth-order valence-electron chi connectivity index (χ4n) is 3.40. The minimum atomic E-state index is -0.546. The first-order chi connectivity index (χ1) is 12.5. The lowest BCUT2D eigenvalue weighted by atomic mass is 9.90. The van der Waals surface area contributed by atoms with Crippen LogP contribution in [-0.2, 0) is 11.2 Å². The average molecular weight is 482 g/mol. The van der Waals surface area contributed by atoms with Gasteiger partial charge in [0.1, 0.15) is 0 Å². The van der Waals surface area contributed by atoms with Gasteiger partial charge in [-0.15, -0.1) is 0 Å². The highest BCUT2D eigenvalue weighted by Gasteiger charge is 2.27. The number of nitrogens with two attached hydrogens (primary N) is 2. The van der Waals surface area contributed by atoms with Gasteiger partial charge in [0.2, 0.25) is 5.91 Å². The standard InChI is InChI=1S/C19H22Br2N4O/c20-15-9-12(10-16(21)18(15)23)11-17(22)19(26)25-7-3-14(4-8-25)13-1-5-24-6-2-13/h1-2,5-6,9-10,14,17H,3-4,7-8,11,22-23H2/t17-/m1/s1. The molecule has 1 aromatic heterocycles. The van der Waals surface area contributed by atoms with Crippen molar-refractivity contribution in [1.29, 1.82) is 0 Å². The number of rotatable bonds is 4. The molecule has 0 bridgehead atoms. The summed E-state index contributed by atoms with van der Waals surface area (Å²) in [5, 5.41) is 0. The molecule has 1 fully saturated rings. The van der Waals surface area contributed by atoms with E-state index >= 15 is 0 Å². The number of piperidine rings is 1. The molecule has 2 aromatic rings. The topological polar surface area (TPSA) is 85.2 Å². The minimum absolute atomic E-state index is 0.0160. The Hall–Kier alpha value is -1.44. The molecule has 1 aliphatic rings. The molecule has 1 aliphatic heterocycles. The lowest BCUT2D eigenvalue weighted by Gasteiger charge is -2.33. The minimum Gasteiger partial charge on any atom is -0.397 e. The molecule has 1 amide bonds. The van der Waals surface area contributed by atoms with Crippen LogP contribution in [0.15, 0.2) is 45.6 Å². The van der Waals surface area contributed by atoms with Gasteiger partial charge in [-0.25, -0.2) is 0 Å². The number of carbonyl (C=O) groups excluding carboxylic acids is 1. The maximum Gasteiger partial charge on any atom is 0.239 e. The zero-order chi connectivity index (χ0) is 18.7. The SMILES string of the molecule is Nc1c(Br)cc(C[C@@H](N)C(=O)N2CCC(c3ccncc3)CC2)cc1Br. The molecule has 1 saturated heterocycles. The summed E-state index contributed by atoms with van der Waals surface area (Å²) in [7, 11) is 0. The third-order valence-electron chi connectivity index (χ3n) is 4.90. The normalized spacial score (nSPS) is 16.5. The molecule has 0 unspecified atom stereocenters. The summed E-state index contributed by atoms with van der Waals surface area (Å²) >= 11 is 6.87. The first kappa shape index (κ1) is 19.3. The van der Waals surface area contributed by atoms with Crippen LogP contribution in [0, 0.1) is 0 Å². The molecule has 0 saturated carbocycles. The highest BCUT2D eigenvalue weighted by atomic mass is 79.9. The summed E-state index contributed by atoms with van der Waals surface area (Å²) in [6.07, 6.45) is 6.06. The molecular formula is C19H22Br2N4O. The van der Waals surface area contributed by atoms with E-state index in [0.29, 0.717) is 18.0 Å². The largest absolute Gasteiger partial charge is 0.397 e. The molecule has 4 N–H and O–H groups in total. The molecule has 138 valence electrons. The van der Waals surface area contributed by atoms with Crippen molar-refractivity contribution in [3.63, 3.8) is 0 Å². The lowest BCUT2D eigenvalue weighted by molar-refractivity contribution is -0.133. The first-order valence-electron chi connectivity index (χ1n) is 8.63. The Balaban J connectivity index is 1.58. The second-order valence-corrected chi connectivity index (χ2v) is 8.37. The lowest BCUT2D eigenvalue weighted by Crippen LogP contribution is -2.47. The van der Waals surface area contributed by atoms with Crippen LogP contribution in [-0.4, -0.2) is 34.9 Å². The molecule has 1 aromatic carbocycles. The number of nitrogen functional groups attached to an aromatic ring is 1. The van der Waals surface area contributed by atoms with Gasteiger partial charge in [-0.2, -0.15) is 0 Å².